The molecular weight excluding hydrogens is 306 g/mol. The summed E-state index contributed by atoms with van der Waals surface area (Å²) in [5, 5.41) is 7.64. The van der Waals surface area contributed by atoms with Crippen molar-refractivity contribution in [1.29, 1.82) is 0 Å². The summed E-state index contributed by atoms with van der Waals surface area (Å²) in [5.74, 6) is 0. The molecule has 2 heteroatoms. The number of isocyanates is 1. The summed E-state index contributed by atoms with van der Waals surface area (Å²) in [6.45, 7) is 0. The van der Waals surface area contributed by atoms with E-state index in [1.807, 2.05) is 12.1 Å². The summed E-state index contributed by atoms with van der Waals surface area (Å²) in [6, 6.07) is 14.7. The predicted octanol–water partition coefficient (Wildman–Crippen LogP) is 5.31. The van der Waals surface area contributed by atoms with Gasteiger partial charge in [-0.2, -0.15) is 4.99 Å². The first-order valence-corrected chi connectivity index (χ1v) is 8.89. The van der Waals surface area contributed by atoms with Crippen LogP contribution in [0.15, 0.2) is 47.5 Å². The van der Waals surface area contributed by atoms with Crippen LogP contribution in [0.1, 0.15) is 22.3 Å². The topological polar surface area (TPSA) is 29.4 Å². The number of aryl methyl sites for hydroxylation is 2. The molecule has 2 aliphatic rings. The first-order valence-electron chi connectivity index (χ1n) is 8.89. The molecule has 0 saturated heterocycles. The molecule has 25 heavy (non-hydrogen) atoms. The van der Waals surface area contributed by atoms with E-state index in [-0.39, 0.29) is 0 Å². The quantitative estimate of drug-likeness (QED) is 0.265. The molecule has 0 fully saturated rings. The van der Waals surface area contributed by atoms with Crippen molar-refractivity contribution in [3.05, 3.63) is 64.7 Å². The lowest BCUT2D eigenvalue weighted by Gasteiger charge is -2.34. The Hall–Kier alpha value is -2.96. The van der Waals surface area contributed by atoms with Crippen molar-refractivity contribution in [3.63, 3.8) is 0 Å². The summed E-state index contributed by atoms with van der Waals surface area (Å²) in [4.78, 5) is 15.1. The normalized spacial score (nSPS) is 14.6. The number of hydrogen-bond acceptors (Lipinski definition) is 2. The number of nitrogens with zero attached hydrogens (tertiary/aromatic N) is 1. The fourth-order valence-electron chi connectivity index (χ4n) is 4.95. The van der Waals surface area contributed by atoms with Gasteiger partial charge in [0.1, 0.15) is 0 Å². The molecule has 0 bridgehead atoms. The first kappa shape index (κ1) is 13.3. The second-order valence-electron chi connectivity index (χ2n) is 7.11. The van der Waals surface area contributed by atoms with Gasteiger partial charge < -0.3 is 0 Å². The van der Waals surface area contributed by atoms with Gasteiger partial charge in [0.15, 0.2) is 0 Å². The highest BCUT2D eigenvalue weighted by Gasteiger charge is 2.31. The molecule has 0 heterocycles. The Labute approximate surface area is 144 Å². The molecule has 0 aliphatic heterocycles. The van der Waals surface area contributed by atoms with Crippen LogP contribution in [0, 0.1) is 0 Å². The molecule has 0 radical (unpaired) electrons. The van der Waals surface area contributed by atoms with E-state index in [9.17, 15) is 4.79 Å². The number of benzene rings is 4. The fourth-order valence-corrected chi connectivity index (χ4v) is 4.95. The van der Waals surface area contributed by atoms with Gasteiger partial charge in [-0.3, -0.25) is 0 Å². The third-order valence-corrected chi connectivity index (χ3v) is 6.14. The van der Waals surface area contributed by atoms with Crippen LogP contribution >= 0.6 is 0 Å². The molecule has 2 aliphatic carbocycles. The van der Waals surface area contributed by atoms with Gasteiger partial charge in [-0.15, -0.1) is 0 Å². The molecule has 118 valence electrons. The maximum atomic E-state index is 11.0. The third-order valence-electron chi connectivity index (χ3n) is 6.14. The summed E-state index contributed by atoms with van der Waals surface area (Å²) >= 11 is 0. The highest BCUT2D eigenvalue weighted by molar-refractivity contribution is 6.30. The maximum Gasteiger partial charge on any atom is 0.240 e. The standard InChI is InChI=1S/C23H15NO/c25-12-24-20-7-3-6-17-13-4-1-2-5-16(13)21-18-10-8-14(18)15-9-11-19(15)23(21)22(17)20/h1-7H,8-11H2. The monoisotopic (exact) mass is 321 g/mol. The molecule has 0 spiro atoms. The Morgan fingerprint density at radius 3 is 1.92 bits per heavy atom. The van der Waals surface area contributed by atoms with Crippen LogP contribution in [0.2, 0.25) is 0 Å². The van der Waals surface area contributed by atoms with Crippen molar-refractivity contribution in [2.45, 2.75) is 25.7 Å². The number of rotatable bonds is 1. The Bertz CT molecular complexity index is 1290. The molecule has 6 rings (SSSR count). The molecule has 0 aromatic heterocycles. The van der Waals surface area contributed by atoms with Crippen molar-refractivity contribution in [3.8, 4) is 0 Å². The summed E-state index contributed by atoms with van der Waals surface area (Å²) < 4.78 is 0. The lowest BCUT2D eigenvalue weighted by Crippen LogP contribution is -2.21. The number of aliphatic imine (C=N–C) groups is 1. The summed E-state index contributed by atoms with van der Waals surface area (Å²) in [7, 11) is 0. The first-order chi connectivity index (χ1) is 12.4. The van der Waals surface area contributed by atoms with E-state index >= 15 is 0 Å². The highest BCUT2D eigenvalue weighted by Crippen LogP contribution is 2.49. The van der Waals surface area contributed by atoms with Gasteiger partial charge in [0.25, 0.3) is 0 Å². The van der Waals surface area contributed by atoms with E-state index in [4.69, 9.17) is 0 Å². The average molecular weight is 321 g/mol. The number of fused-ring (bicyclic) bond motifs is 11. The Morgan fingerprint density at radius 1 is 0.640 bits per heavy atom. The van der Waals surface area contributed by atoms with Crippen molar-refractivity contribution >= 4 is 44.1 Å². The van der Waals surface area contributed by atoms with Gasteiger partial charge in [0.05, 0.1) is 5.69 Å². The molecule has 0 N–H and O–H groups in total. The minimum absolute atomic E-state index is 0.747. The van der Waals surface area contributed by atoms with Gasteiger partial charge in [0.2, 0.25) is 6.08 Å². The second kappa shape index (κ2) is 4.56. The van der Waals surface area contributed by atoms with E-state index in [0.717, 1.165) is 23.9 Å². The van der Waals surface area contributed by atoms with Gasteiger partial charge >= 0.3 is 0 Å². The van der Waals surface area contributed by atoms with Crippen LogP contribution in [-0.4, -0.2) is 6.08 Å². The molecule has 0 saturated carbocycles. The molecular formula is C23H15NO. The van der Waals surface area contributed by atoms with E-state index < -0.39 is 0 Å². The van der Waals surface area contributed by atoms with E-state index in [0.29, 0.717) is 0 Å². The zero-order valence-electron chi connectivity index (χ0n) is 13.7. The van der Waals surface area contributed by atoms with Gasteiger partial charge in [-0.25, -0.2) is 4.79 Å². The lowest BCUT2D eigenvalue weighted by molar-refractivity contribution is 0.565. The number of hydrogen-bond donors (Lipinski definition) is 0. The molecule has 0 unspecified atom stereocenters. The molecule has 2 nitrogen and oxygen atoms in total. The van der Waals surface area contributed by atoms with Crippen molar-refractivity contribution < 1.29 is 4.79 Å². The van der Waals surface area contributed by atoms with Crippen LogP contribution in [0.4, 0.5) is 5.69 Å². The Kier molecular flexibility index (Phi) is 2.43. The molecule has 4 aromatic carbocycles. The predicted molar refractivity (Wildman–Crippen MR) is 102 cm³/mol. The zero-order valence-corrected chi connectivity index (χ0v) is 13.7. The van der Waals surface area contributed by atoms with Crippen LogP contribution in [0.3, 0.4) is 0 Å². The van der Waals surface area contributed by atoms with Gasteiger partial charge in [-0.1, -0.05) is 36.4 Å². The van der Waals surface area contributed by atoms with E-state index in [1.54, 1.807) is 17.2 Å². The van der Waals surface area contributed by atoms with Crippen LogP contribution < -0.4 is 0 Å². The lowest BCUT2D eigenvalue weighted by atomic mass is 9.70. The van der Waals surface area contributed by atoms with Crippen molar-refractivity contribution in [2.24, 2.45) is 4.99 Å². The maximum absolute atomic E-state index is 11.0. The van der Waals surface area contributed by atoms with Crippen LogP contribution in [0.5, 0.6) is 0 Å². The zero-order chi connectivity index (χ0) is 16.5. The molecule has 0 amide bonds. The fraction of sp³-hybridized carbons (Fsp3) is 0.174. The SMILES string of the molecule is O=C=Nc1cccc2c3ccccc3c3c4c(c5c(c3c12)CC5)CC4. The highest BCUT2D eigenvalue weighted by atomic mass is 16.1. The molecule has 4 aromatic rings. The largest absolute Gasteiger partial charge is 0.240 e. The molecule has 0 atom stereocenters. The van der Waals surface area contributed by atoms with Gasteiger partial charge in [-0.05, 0) is 80.9 Å². The van der Waals surface area contributed by atoms with Gasteiger partial charge in [0, 0.05) is 5.39 Å². The Morgan fingerprint density at radius 2 is 1.24 bits per heavy atom. The number of carbonyl (C=O) groups excluding carboxylic acids is 1. The van der Waals surface area contributed by atoms with E-state index in [2.05, 4.69) is 35.3 Å². The van der Waals surface area contributed by atoms with Crippen molar-refractivity contribution in [2.75, 3.05) is 0 Å². The second-order valence-corrected chi connectivity index (χ2v) is 7.11. The van der Waals surface area contributed by atoms with Crippen LogP contribution in [-0.2, 0) is 30.5 Å². The third kappa shape index (κ3) is 1.51. The summed E-state index contributed by atoms with van der Waals surface area (Å²) in [6.07, 6.45) is 6.46. The van der Waals surface area contributed by atoms with E-state index in [1.165, 1.54) is 50.9 Å². The Balaban J connectivity index is 2.03. The van der Waals surface area contributed by atoms with Crippen molar-refractivity contribution in [1.82, 2.24) is 0 Å². The smallest absolute Gasteiger partial charge is 0.211 e. The minimum Gasteiger partial charge on any atom is -0.211 e. The van der Waals surface area contributed by atoms with Crippen LogP contribution in [0.25, 0.3) is 32.3 Å². The minimum atomic E-state index is 0.747. The average Bonchev–Trinajstić information content (AvgIpc) is 2.59. The summed E-state index contributed by atoms with van der Waals surface area (Å²) in [5.41, 5.74) is 6.91.